The highest BCUT2D eigenvalue weighted by molar-refractivity contribution is 9.11. The van der Waals surface area contributed by atoms with Crippen LogP contribution in [0.4, 0.5) is 0 Å². The van der Waals surface area contributed by atoms with E-state index in [0.29, 0.717) is 5.41 Å². The van der Waals surface area contributed by atoms with Crippen molar-refractivity contribution < 1.29 is 0 Å². The van der Waals surface area contributed by atoms with Crippen molar-refractivity contribution in [2.75, 3.05) is 5.88 Å². The largest absolute Gasteiger partial charge is 0.133 e. The lowest BCUT2D eigenvalue weighted by atomic mass is 9.62. The molecule has 1 aromatic rings. The van der Waals surface area contributed by atoms with Crippen molar-refractivity contribution in [3.05, 3.63) is 20.8 Å². The molecule has 0 N–H and O–H groups in total. The van der Waals surface area contributed by atoms with Gasteiger partial charge in [-0.15, -0.1) is 22.9 Å². The van der Waals surface area contributed by atoms with Gasteiger partial charge in [0.05, 0.1) is 3.79 Å². The lowest BCUT2D eigenvalue weighted by Gasteiger charge is -2.45. The van der Waals surface area contributed by atoms with Gasteiger partial charge in [0.1, 0.15) is 0 Å². The molecule has 0 nitrogen and oxygen atoms in total. The van der Waals surface area contributed by atoms with E-state index in [1.807, 2.05) is 11.3 Å². The fourth-order valence-corrected chi connectivity index (χ4v) is 4.51. The van der Waals surface area contributed by atoms with Gasteiger partial charge >= 0.3 is 0 Å². The van der Waals surface area contributed by atoms with Gasteiger partial charge in [-0.25, -0.2) is 0 Å². The van der Waals surface area contributed by atoms with Crippen LogP contribution in [0.5, 0.6) is 0 Å². The molecule has 0 amide bonds. The minimum Gasteiger partial charge on any atom is -0.133 e. The van der Waals surface area contributed by atoms with Crippen molar-refractivity contribution in [2.45, 2.75) is 26.2 Å². The Balaban J connectivity index is 2.02. The number of halogens is 2. The number of thiophene rings is 1. The Morgan fingerprint density at radius 2 is 2.29 bits per heavy atom. The van der Waals surface area contributed by atoms with E-state index in [-0.39, 0.29) is 0 Å². The summed E-state index contributed by atoms with van der Waals surface area (Å²) in [5.41, 5.74) is 0.408. The quantitative estimate of drug-likeness (QED) is 0.708. The molecule has 14 heavy (non-hydrogen) atoms. The van der Waals surface area contributed by atoms with Crippen molar-refractivity contribution in [1.82, 2.24) is 0 Å². The third-order valence-corrected chi connectivity index (χ3v) is 5.22. The second kappa shape index (κ2) is 4.15. The maximum atomic E-state index is 6.08. The lowest BCUT2D eigenvalue weighted by Crippen LogP contribution is -2.39. The van der Waals surface area contributed by atoms with Gasteiger partial charge in [-0.2, -0.15) is 0 Å². The van der Waals surface area contributed by atoms with E-state index in [0.717, 1.165) is 18.2 Å². The minimum atomic E-state index is 0.408. The molecule has 0 radical (unpaired) electrons. The molecule has 1 fully saturated rings. The summed E-state index contributed by atoms with van der Waals surface area (Å²) in [7, 11) is 0. The Bertz CT molecular complexity index is 315. The average Bonchev–Trinajstić information content (AvgIpc) is 2.48. The van der Waals surface area contributed by atoms with E-state index in [2.05, 4.69) is 35.0 Å². The molecule has 0 atom stereocenters. The van der Waals surface area contributed by atoms with Crippen LogP contribution < -0.4 is 0 Å². The first-order chi connectivity index (χ1) is 6.63. The zero-order chi connectivity index (χ0) is 10.2. The maximum Gasteiger partial charge on any atom is 0.0701 e. The van der Waals surface area contributed by atoms with Crippen LogP contribution in [0.1, 0.15) is 24.6 Å². The van der Waals surface area contributed by atoms with Gasteiger partial charge in [0.25, 0.3) is 0 Å². The highest BCUT2D eigenvalue weighted by Gasteiger charge is 2.41. The first kappa shape index (κ1) is 11.0. The molecule has 0 saturated heterocycles. The molecule has 3 heteroatoms. The normalized spacial score (nSPS) is 31.5. The summed E-state index contributed by atoms with van der Waals surface area (Å²) in [6.45, 7) is 2.31. The number of hydrogen-bond acceptors (Lipinski definition) is 1. The third kappa shape index (κ3) is 2.17. The van der Waals surface area contributed by atoms with Crippen LogP contribution in [-0.4, -0.2) is 5.88 Å². The molecule has 1 saturated carbocycles. The molecule has 78 valence electrons. The fraction of sp³-hybridized carbons (Fsp3) is 0.636. The van der Waals surface area contributed by atoms with Gasteiger partial charge in [0, 0.05) is 10.8 Å². The maximum absolute atomic E-state index is 6.08. The Kier molecular flexibility index (Phi) is 3.25. The van der Waals surface area contributed by atoms with Gasteiger partial charge in [-0.1, -0.05) is 6.92 Å². The summed E-state index contributed by atoms with van der Waals surface area (Å²) >= 11 is 11.4. The molecular formula is C11H14BrClS. The highest BCUT2D eigenvalue weighted by atomic mass is 79.9. The van der Waals surface area contributed by atoms with Crippen molar-refractivity contribution in [3.8, 4) is 0 Å². The van der Waals surface area contributed by atoms with Crippen LogP contribution in [0.25, 0.3) is 0 Å². The van der Waals surface area contributed by atoms with E-state index >= 15 is 0 Å². The topological polar surface area (TPSA) is 0 Å². The first-order valence-corrected chi connectivity index (χ1v) is 7.08. The Morgan fingerprint density at radius 3 is 2.71 bits per heavy atom. The summed E-state index contributed by atoms with van der Waals surface area (Å²) in [5.74, 6) is 1.68. The van der Waals surface area contributed by atoms with E-state index < -0.39 is 0 Å². The molecular weight excluding hydrogens is 280 g/mol. The summed E-state index contributed by atoms with van der Waals surface area (Å²) in [6, 6.07) is 4.34. The minimum absolute atomic E-state index is 0.408. The first-order valence-electron chi connectivity index (χ1n) is 4.94. The molecule has 0 unspecified atom stereocenters. The number of hydrogen-bond donors (Lipinski definition) is 0. The summed E-state index contributed by atoms with van der Waals surface area (Å²) < 4.78 is 1.23. The van der Waals surface area contributed by atoms with Crippen LogP contribution >= 0.6 is 38.9 Å². The Hall–Kier alpha value is 0.470. The Labute approximate surface area is 103 Å². The predicted octanol–water partition coefficient (Wildman–Crippen LogP) is 4.71. The van der Waals surface area contributed by atoms with E-state index in [1.54, 1.807) is 0 Å². The summed E-state index contributed by atoms with van der Waals surface area (Å²) in [4.78, 5) is 1.46. The predicted molar refractivity (Wildman–Crippen MR) is 67.3 cm³/mol. The number of alkyl halides is 1. The third-order valence-electron chi connectivity index (χ3n) is 3.02. The summed E-state index contributed by atoms with van der Waals surface area (Å²) in [6.07, 6.45) is 3.76. The van der Waals surface area contributed by atoms with Crippen LogP contribution in [0.3, 0.4) is 0 Å². The van der Waals surface area contributed by atoms with Crippen LogP contribution in [0.2, 0.25) is 0 Å². The van der Waals surface area contributed by atoms with Gasteiger partial charge in [-0.3, -0.25) is 0 Å². The Morgan fingerprint density at radius 1 is 1.57 bits per heavy atom. The SMILES string of the molecule is CC1CC(CCl)(Cc2ccc(Br)s2)C1. The molecule has 1 heterocycles. The lowest BCUT2D eigenvalue weighted by molar-refractivity contribution is 0.0934. The smallest absolute Gasteiger partial charge is 0.0701 e. The van der Waals surface area contributed by atoms with Crippen molar-refractivity contribution in [1.29, 1.82) is 0 Å². The fourth-order valence-electron chi connectivity index (χ4n) is 2.54. The average molecular weight is 294 g/mol. The van der Waals surface area contributed by atoms with Crippen LogP contribution in [0.15, 0.2) is 15.9 Å². The van der Waals surface area contributed by atoms with Gasteiger partial charge in [0.15, 0.2) is 0 Å². The monoisotopic (exact) mass is 292 g/mol. The highest BCUT2D eigenvalue weighted by Crippen LogP contribution is 2.49. The molecule has 0 bridgehead atoms. The zero-order valence-electron chi connectivity index (χ0n) is 8.22. The van der Waals surface area contributed by atoms with Gasteiger partial charge in [0.2, 0.25) is 0 Å². The molecule has 1 aliphatic carbocycles. The second-order valence-corrected chi connectivity index (χ2v) is 7.34. The van der Waals surface area contributed by atoms with Crippen LogP contribution in [-0.2, 0) is 6.42 Å². The molecule has 2 rings (SSSR count). The molecule has 1 aromatic heterocycles. The molecule has 0 spiro atoms. The molecule has 0 aliphatic heterocycles. The van der Waals surface area contributed by atoms with E-state index in [9.17, 15) is 0 Å². The standard InChI is InChI=1S/C11H14BrClS/c1-8-4-11(5-8,7-13)6-9-2-3-10(12)14-9/h2-3,8H,4-7H2,1H3. The van der Waals surface area contributed by atoms with Crippen LogP contribution in [0, 0.1) is 11.3 Å². The second-order valence-electron chi connectivity index (χ2n) is 4.53. The number of rotatable bonds is 3. The zero-order valence-corrected chi connectivity index (χ0v) is 11.4. The van der Waals surface area contributed by atoms with Crippen molar-refractivity contribution in [2.24, 2.45) is 11.3 Å². The van der Waals surface area contributed by atoms with E-state index in [4.69, 9.17) is 11.6 Å². The van der Waals surface area contributed by atoms with Gasteiger partial charge < -0.3 is 0 Å². The molecule has 0 aromatic carbocycles. The molecule has 1 aliphatic rings. The van der Waals surface area contributed by atoms with Crippen molar-refractivity contribution in [3.63, 3.8) is 0 Å². The van der Waals surface area contributed by atoms with Gasteiger partial charge in [-0.05, 0) is 58.7 Å². The van der Waals surface area contributed by atoms with Crippen molar-refractivity contribution >= 4 is 38.9 Å². The van der Waals surface area contributed by atoms with E-state index in [1.165, 1.54) is 21.5 Å². The summed E-state index contributed by atoms with van der Waals surface area (Å²) in [5, 5.41) is 0.